The van der Waals surface area contributed by atoms with Gasteiger partial charge in [0.1, 0.15) is 5.82 Å². The van der Waals surface area contributed by atoms with Gasteiger partial charge in [0, 0.05) is 0 Å². The molecule has 5 nitrogen and oxygen atoms in total. The summed E-state index contributed by atoms with van der Waals surface area (Å²) in [5, 5.41) is -0.363. The van der Waals surface area contributed by atoms with E-state index in [0.29, 0.717) is 38.6 Å². The average molecular weight is 466 g/mol. The summed E-state index contributed by atoms with van der Waals surface area (Å²) in [6.45, 7) is 2.45. The smallest absolute Gasteiger partial charge is 0.293 e. The van der Waals surface area contributed by atoms with Crippen molar-refractivity contribution in [2.75, 3.05) is 13.7 Å². The summed E-state index contributed by atoms with van der Waals surface area (Å²) in [5.41, 5.74) is 1.37. The van der Waals surface area contributed by atoms with Crippen molar-refractivity contribution in [1.82, 2.24) is 4.90 Å². The van der Waals surface area contributed by atoms with Gasteiger partial charge in [0.2, 0.25) is 0 Å². The highest BCUT2D eigenvalue weighted by Crippen LogP contribution is 2.39. The molecule has 0 aliphatic carbocycles. The fourth-order valence-corrected chi connectivity index (χ4v) is 4.08. The maximum atomic E-state index is 13.0. The van der Waals surface area contributed by atoms with Crippen LogP contribution in [0.2, 0.25) is 0 Å². The quantitative estimate of drug-likeness (QED) is 0.546. The number of ether oxygens (including phenoxy) is 2. The standard InChI is InChI=1S/C20H17BrFNO4S/c1-3-27-18-15(21)8-13(9-16(18)26-2)10-17-19(24)23(20(25)28-17)11-12-4-6-14(22)7-5-12/h4-10H,3,11H2,1-2H3/b17-10+. The van der Waals surface area contributed by atoms with Crippen LogP contribution in [0.25, 0.3) is 6.08 Å². The first-order valence-electron chi connectivity index (χ1n) is 8.43. The minimum Gasteiger partial charge on any atom is -0.493 e. The number of carbonyl (C=O) groups excluding carboxylic acids is 2. The number of nitrogens with zero attached hydrogens (tertiary/aromatic N) is 1. The van der Waals surface area contributed by atoms with Crippen LogP contribution >= 0.6 is 27.7 Å². The van der Waals surface area contributed by atoms with Gasteiger partial charge in [-0.3, -0.25) is 14.5 Å². The molecule has 1 fully saturated rings. The van der Waals surface area contributed by atoms with E-state index >= 15 is 0 Å². The van der Waals surface area contributed by atoms with E-state index in [1.54, 1.807) is 30.3 Å². The molecule has 0 aromatic heterocycles. The Hall–Kier alpha value is -2.32. The number of amides is 2. The molecule has 0 unspecified atom stereocenters. The summed E-state index contributed by atoms with van der Waals surface area (Å²) < 4.78 is 24.6. The van der Waals surface area contributed by atoms with Crippen LogP contribution in [0.4, 0.5) is 9.18 Å². The Balaban J connectivity index is 1.85. The van der Waals surface area contributed by atoms with Crippen molar-refractivity contribution in [2.24, 2.45) is 0 Å². The number of halogens is 2. The van der Waals surface area contributed by atoms with Crippen LogP contribution in [0.1, 0.15) is 18.1 Å². The van der Waals surface area contributed by atoms with Gasteiger partial charge in [-0.05, 0) is 76.1 Å². The Morgan fingerprint density at radius 1 is 1.21 bits per heavy atom. The molecule has 146 valence electrons. The number of hydrogen-bond acceptors (Lipinski definition) is 5. The molecule has 1 aliphatic rings. The number of rotatable bonds is 6. The van der Waals surface area contributed by atoms with Gasteiger partial charge in [-0.2, -0.15) is 0 Å². The van der Waals surface area contributed by atoms with Crippen molar-refractivity contribution in [2.45, 2.75) is 13.5 Å². The van der Waals surface area contributed by atoms with E-state index in [4.69, 9.17) is 9.47 Å². The molecule has 0 atom stereocenters. The molecule has 0 bridgehead atoms. The number of benzene rings is 2. The van der Waals surface area contributed by atoms with Crippen molar-refractivity contribution in [3.8, 4) is 11.5 Å². The molecule has 2 aromatic carbocycles. The lowest BCUT2D eigenvalue weighted by molar-refractivity contribution is -0.123. The van der Waals surface area contributed by atoms with Crippen LogP contribution in [0.5, 0.6) is 11.5 Å². The van der Waals surface area contributed by atoms with Gasteiger partial charge < -0.3 is 9.47 Å². The zero-order valence-corrected chi connectivity index (χ0v) is 17.6. The second-order valence-corrected chi connectivity index (χ2v) is 7.71. The van der Waals surface area contributed by atoms with Crippen molar-refractivity contribution < 1.29 is 23.5 Å². The molecule has 1 saturated heterocycles. The third-order valence-electron chi connectivity index (χ3n) is 3.97. The van der Waals surface area contributed by atoms with Crippen molar-refractivity contribution in [1.29, 1.82) is 0 Å². The molecule has 0 radical (unpaired) electrons. The summed E-state index contributed by atoms with van der Waals surface area (Å²) in [4.78, 5) is 26.4. The van der Waals surface area contributed by atoms with Gasteiger partial charge in [0.05, 0.1) is 29.6 Å². The van der Waals surface area contributed by atoms with Gasteiger partial charge in [-0.15, -0.1) is 0 Å². The number of hydrogen-bond donors (Lipinski definition) is 0. The van der Waals surface area contributed by atoms with Crippen molar-refractivity contribution >= 4 is 44.9 Å². The highest BCUT2D eigenvalue weighted by Gasteiger charge is 2.35. The van der Waals surface area contributed by atoms with Crippen LogP contribution in [0.3, 0.4) is 0 Å². The Kier molecular flexibility index (Phi) is 6.41. The average Bonchev–Trinajstić information content (AvgIpc) is 2.92. The summed E-state index contributed by atoms with van der Waals surface area (Å²) in [7, 11) is 1.53. The molecule has 1 aliphatic heterocycles. The molecule has 0 spiro atoms. The second-order valence-electron chi connectivity index (χ2n) is 5.86. The molecule has 2 amide bonds. The van der Waals surface area contributed by atoms with Crippen molar-refractivity contribution in [3.05, 3.63) is 62.7 Å². The first-order valence-corrected chi connectivity index (χ1v) is 10.0. The molecule has 28 heavy (non-hydrogen) atoms. The normalized spacial score (nSPS) is 15.4. The highest BCUT2D eigenvalue weighted by atomic mass is 79.9. The monoisotopic (exact) mass is 465 g/mol. The maximum Gasteiger partial charge on any atom is 0.293 e. The predicted octanol–water partition coefficient (Wildman–Crippen LogP) is 5.23. The van der Waals surface area contributed by atoms with Gasteiger partial charge >= 0.3 is 0 Å². The SMILES string of the molecule is CCOc1c(Br)cc(/C=C2/SC(=O)N(Cc3ccc(F)cc3)C2=O)cc1OC. The van der Waals surface area contributed by atoms with Crippen molar-refractivity contribution in [3.63, 3.8) is 0 Å². The van der Waals surface area contributed by atoms with Gasteiger partial charge in [0.15, 0.2) is 11.5 Å². The van der Waals surface area contributed by atoms with E-state index in [0.717, 1.165) is 16.7 Å². The number of carbonyl (C=O) groups is 2. The van der Waals surface area contributed by atoms with E-state index in [-0.39, 0.29) is 23.5 Å². The second kappa shape index (κ2) is 8.79. The lowest BCUT2D eigenvalue weighted by atomic mass is 10.1. The lowest BCUT2D eigenvalue weighted by Crippen LogP contribution is -2.27. The Morgan fingerprint density at radius 2 is 1.93 bits per heavy atom. The fraction of sp³-hybridized carbons (Fsp3) is 0.200. The van der Waals surface area contributed by atoms with Gasteiger partial charge in [0.25, 0.3) is 11.1 Å². The van der Waals surface area contributed by atoms with E-state index in [2.05, 4.69) is 15.9 Å². The number of methoxy groups -OCH3 is 1. The number of thioether (sulfide) groups is 1. The molecule has 3 rings (SSSR count). The molecule has 1 heterocycles. The van der Waals surface area contributed by atoms with E-state index in [1.807, 2.05) is 6.92 Å². The zero-order valence-electron chi connectivity index (χ0n) is 15.2. The molecular formula is C20H17BrFNO4S. The minimum absolute atomic E-state index is 0.0958. The van der Waals surface area contributed by atoms with E-state index in [9.17, 15) is 14.0 Å². The van der Waals surface area contributed by atoms with Crippen LogP contribution in [0.15, 0.2) is 45.8 Å². The van der Waals surface area contributed by atoms with E-state index in [1.165, 1.54) is 19.2 Å². The minimum atomic E-state index is -0.386. The van der Waals surface area contributed by atoms with Crippen LogP contribution in [0, 0.1) is 5.82 Å². The van der Waals surface area contributed by atoms with Crippen LogP contribution in [-0.2, 0) is 11.3 Å². The van der Waals surface area contributed by atoms with Crippen LogP contribution in [-0.4, -0.2) is 29.8 Å². The molecule has 0 N–H and O–H groups in total. The Labute approximate surface area is 174 Å². The fourth-order valence-electron chi connectivity index (χ4n) is 2.67. The zero-order chi connectivity index (χ0) is 20.3. The molecule has 0 saturated carbocycles. The Bertz CT molecular complexity index is 946. The van der Waals surface area contributed by atoms with Gasteiger partial charge in [-0.25, -0.2) is 4.39 Å². The van der Waals surface area contributed by atoms with E-state index < -0.39 is 0 Å². The molecule has 8 heteroatoms. The molecule has 2 aromatic rings. The summed E-state index contributed by atoms with van der Waals surface area (Å²) in [6.07, 6.45) is 1.64. The maximum absolute atomic E-state index is 13.0. The third kappa shape index (κ3) is 4.39. The lowest BCUT2D eigenvalue weighted by Gasteiger charge is -2.13. The van der Waals surface area contributed by atoms with Crippen LogP contribution < -0.4 is 9.47 Å². The van der Waals surface area contributed by atoms with Gasteiger partial charge in [-0.1, -0.05) is 12.1 Å². The number of imide groups is 1. The summed E-state index contributed by atoms with van der Waals surface area (Å²) in [6, 6.07) is 9.24. The first kappa shape index (κ1) is 20.4. The third-order valence-corrected chi connectivity index (χ3v) is 5.46. The summed E-state index contributed by atoms with van der Waals surface area (Å²) >= 11 is 4.31. The molecular weight excluding hydrogens is 449 g/mol. The Morgan fingerprint density at radius 3 is 2.57 bits per heavy atom. The topological polar surface area (TPSA) is 55.8 Å². The highest BCUT2D eigenvalue weighted by molar-refractivity contribution is 9.10. The summed E-state index contributed by atoms with van der Waals surface area (Å²) in [5.74, 6) is 0.343. The largest absolute Gasteiger partial charge is 0.493 e. The predicted molar refractivity (Wildman–Crippen MR) is 110 cm³/mol. The first-order chi connectivity index (χ1) is 13.4.